The van der Waals surface area contributed by atoms with Crippen molar-refractivity contribution >= 4 is 33.9 Å². The molecule has 0 aliphatic carbocycles. The Morgan fingerprint density at radius 2 is 1.80 bits per heavy atom. The van der Waals surface area contributed by atoms with E-state index in [2.05, 4.69) is 45.5 Å². The molecular formula is C39H39N7O3. The molecule has 2 aliphatic heterocycles. The number of aromatic nitrogens is 4. The van der Waals surface area contributed by atoms with Gasteiger partial charge in [-0.05, 0) is 103 Å². The maximum Gasteiger partial charge on any atom is 0.254 e. The van der Waals surface area contributed by atoms with Crippen molar-refractivity contribution in [1.29, 1.82) is 0 Å². The van der Waals surface area contributed by atoms with E-state index in [0.717, 1.165) is 83.4 Å². The number of hydrogen-bond donors (Lipinski definition) is 2. The lowest BCUT2D eigenvalue weighted by atomic mass is 9.93. The second-order valence-corrected chi connectivity index (χ2v) is 13.2. The average Bonchev–Trinajstić information content (AvgIpc) is 3.66. The number of amides is 2. The van der Waals surface area contributed by atoms with E-state index in [1.807, 2.05) is 47.5 Å². The van der Waals surface area contributed by atoms with E-state index in [-0.39, 0.29) is 11.9 Å². The highest BCUT2D eigenvalue weighted by Gasteiger charge is 2.27. The number of aryl methyl sites for hydroxylation is 2. The minimum atomic E-state index is -0.484. The third-order valence-corrected chi connectivity index (χ3v) is 9.93. The molecule has 0 saturated carbocycles. The first-order valence-electron chi connectivity index (χ1n) is 17.0. The Kier molecular flexibility index (Phi) is 7.88. The molecule has 2 aliphatic rings. The van der Waals surface area contributed by atoms with Crippen LogP contribution in [0.2, 0.25) is 0 Å². The summed E-state index contributed by atoms with van der Waals surface area (Å²) in [5.74, 6) is 0.696. The third kappa shape index (κ3) is 5.61. The largest absolute Gasteiger partial charge is 0.494 e. The number of ether oxygens (including phenoxy) is 1. The van der Waals surface area contributed by atoms with Gasteiger partial charge in [-0.25, -0.2) is 9.97 Å². The number of piperidine rings is 1. The van der Waals surface area contributed by atoms with Crippen LogP contribution in [0.5, 0.6) is 5.75 Å². The van der Waals surface area contributed by atoms with E-state index < -0.39 is 5.91 Å². The summed E-state index contributed by atoms with van der Waals surface area (Å²) in [5, 5.41) is 1.02. The van der Waals surface area contributed by atoms with Crippen LogP contribution in [0.3, 0.4) is 0 Å². The maximum absolute atomic E-state index is 13.8. The molecule has 1 fully saturated rings. The Hall–Kier alpha value is -5.48. The Balaban J connectivity index is 1.38. The number of rotatable bonds is 3. The fourth-order valence-corrected chi connectivity index (χ4v) is 7.60. The lowest BCUT2D eigenvalue weighted by Gasteiger charge is -2.30. The van der Waals surface area contributed by atoms with Crippen molar-refractivity contribution in [2.24, 2.45) is 11.5 Å². The zero-order valence-electron chi connectivity index (χ0n) is 27.6. The maximum atomic E-state index is 13.8. The van der Waals surface area contributed by atoms with Crippen LogP contribution in [0, 0.1) is 0 Å². The lowest BCUT2D eigenvalue weighted by Crippen LogP contribution is -2.45. The van der Waals surface area contributed by atoms with Gasteiger partial charge in [0.15, 0.2) is 5.82 Å². The third-order valence-electron chi connectivity index (χ3n) is 9.93. The quantitative estimate of drug-likeness (QED) is 0.249. The first-order chi connectivity index (χ1) is 23.9. The predicted octanol–water partition coefficient (Wildman–Crippen LogP) is 5.78. The van der Waals surface area contributed by atoms with E-state index in [1.54, 1.807) is 7.11 Å². The van der Waals surface area contributed by atoms with E-state index in [0.29, 0.717) is 42.0 Å². The van der Waals surface area contributed by atoms with Gasteiger partial charge in [-0.2, -0.15) is 0 Å². The molecule has 3 aromatic carbocycles. The summed E-state index contributed by atoms with van der Waals surface area (Å²) < 4.78 is 10.4. The number of nitrogens with two attached hydrogens (primary N) is 2. The number of primary amides is 1. The summed E-state index contributed by atoms with van der Waals surface area (Å²) in [7, 11) is 1.62. The highest BCUT2D eigenvalue weighted by molar-refractivity contribution is 6.00. The van der Waals surface area contributed by atoms with Gasteiger partial charge in [-0.3, -0.25) is 9.59 Å². The van der Waals surface area contributed by atoms with Gasteiger partial charge in [-0.1, -0.05) is 24.3 Å². The fourth-order valence-electron chi connectivity index (χ4n) is 7.60. The number of imidazole rings is 1. The van der Waals surface area contributed by atoms with Crippen LogP contribution in [-0.4, -0.2) is 62.1 Å². The number of carbonyl (C=O) groups excluding carboxylic acids is 2. The standard InChI is InChI=1S/C39H39N7O3/c1-49-34-21-29(39(48)44-14-7-11-30(40)23-44)19-32-35(34)46-22-24-16-27(18-28(17-24)36(41)47)31-12-3-2-8-25(31)9-4-5-15-45-33(38(46)43-32)20-26-10-6-13-42-37(26)45/h2-3,6,8,10,12-13,16-21,30H,4-5,7,9,11,14-15,22-23,40H2,1H3,(H2,41,47)/t30-/m1/s1. The monoisotopic (exact) mass is 653 g/mol. The molecule has 0 spiro atoms. The number of carbonyl (C=O) groups is 2. The van der Waals surface area contributed by atoms with E-state index in [4.69, 9.17) is 26.2 Å². The van der Waals surface area contributed by atoms with Crippen molar-refractivity contribution in [2.45, 2.75) is 51.2 Å². The molecule has 4 N–H and O–H groups in total. The number of methoxy groups -OCH3 is 1. The van der Waals surface area contributed by atoms with Gasteiger partial charge in [-0.15, -0.1) is 0 Å². The Morgan fingerprint density at radius 1 is 0.918 bits per heavy atom. The highest BCUT2D eigenvalue weighted by Crippen LogP contribution is 2.37. The molecule has 10 heteroatoms. The lowest BCUT2D eigenvalue weighted by molar-refractivity contribution is 0.0708. The fraction of sp³-hybridized carbons (Fsp3) is 0.282. The van der Waals surface area contributed by atoms with Gasteiger partial charge in [0.2, 0.25) is 5.91 Å². The normalized spacial score (nSPS) is 16.4. The van der Waals surface area contributed by atoms with Crippen molar-refractivity contribution in [3.63, 3.8) is 0 Å². The number of benzene rings is 3. The van der Waals surface area contributed by atoms with Gasteiger partial charge >= 0.3 is 0 Å². The minimum Gasteiger partial charge on any atom is -0.494 e. The van der Waals surface area contributed by atoms with Crippen LogP contribution < -0.4 is 16.2 Å². The van der Waals surface area contributed by atoms with Crippen molar-refractivity contribution in [3.05, 3.63) is 101 Å². The Morgan fingerprint density at radius 3 is 2.63 bits per heavy atom. The summed E-state index contributed by atoms with van der Waals surface area (Å²) in [6, 6.07) is 24.1. The van der Waals surface area contributed by atoms with Crippen LogP contribution >= 0.6 is 0 Å². The smallest absolute Gasteiger partial charge is 0.254 e. The van der Waals surface area contributed by atoms with Gasteiger partial charge in [0, 0.05) is 54.9 Å². The molecule has 0 unspecified atom stereocenters. The summed E-state index contributed by atoms with van der Waals surface area (Å²) >= 11 is 0. The zero-order chi connectivity index (χ0) is 33.6. The first kappa shape index (κ1) is 30.8. The van der Waals surface area contributed by atoms with Gasteiger partial charge in [0.05, 0.1) is 18.3 Å². The van der Waals surface area contributed by atoms with Crippen LogP contribution in [0.25, 0.3) is 44.7 Å². The van der Waals surface area contributed by atoms with Crippen molar-refractivity contribution < 1.29 is 14.3 Å². The molecule has 248 valence electrons. The topological polar surface area (TPSA) is 134 Å². The first-order valence-corrected chi connectivity index (χ1v) is 17.0. The molecular weight excluding hydrogens is 614 g/mol. The van der Waals surface area contributed by atoms with Crippen LogP contribution in [-0.2, 0) is 19.5 Å². The highest BCUT2D eigenvalue weighted by atomic mass is 16.5. The SMILES string of the molecule is COc1cc(C(=O)N2CCC[C@@H](N)C2)cc2nc3n(c12)Cc1cc(C(N)=O)cc(c1)-c1ccccc1CCCCn1c-3cc2cccnc21. The molecule has 0 radical (unpaired) electrons. The molecule has 8 rings (SSSR count). The van der Waals surface area contributed by atoms with Gasteiger partial charge in [0.25, 0.3) is 5.91 Å². The number of hydrogen-bond acceptors (Lipinski definition) is 6. The molecule has 2 amide bonds. The second kappa shape index (κ2) is 12.5. The van der Waals surface area contributed by atoms with Crippen molar-refractivity contribution in [1.82, 2.24) is 24.0 Å². The molecule has 5 heterocycles. The minimum absolute atomic E-state index is 0.0336. The second-order valence-electron chi connectivity index (χ2n) is 13.2. The molecule has 1 atom stereocenters. The molecule has 1 saturated heterocycles. The number of fused-ring (bicyclic) bond motifs is 11. The zero-order valence-corrected chi connectivity index (χ0v) is 27.6. The molecule has 10 nitrogen and oxygen atoms in total. The number of nitrogens with zero attached hydrogens (tertiary/aromatic N) is 5. The van der Waals surface area contributed by atoms with Crippen molar-refractivity contribution in [3.8, 4) is 28.4 Å². The summed E-state index contributed by atoms with van der Waals surface area (Å²) in [5.41, 5.74) is 20.5. The van der Waals surface area contributed by atoms with Gasteiger partial charge in [0.1, 0.15) is 16.9 Å². The van der Waals surface area contributed by atoms with Crippen LogP contribution in [0.4, 0.5) is 0 Å². The van der Waals surface area contributed by atoms with Crippen LogP contribution in [0.1, 0.15) is 57.5 Å². The van der Waals surface area contributed by atoms with E-state index >= 15 is 0 Å². The Labute approximate surface area is 284 Å². The molecule has 49 heavy (non-hydrogen) atoms. The van der Waals surface area contributed by atoms with Crippen LogP contribution in [0.15, 0.2) is 79.0 Å². The average molecular weight is 654 g/mol. The predicted molar refractivity (Wildman–Crippen MR) is 191 cm³/mol. The molecule has 3 aromatic heterocycles. The molecule has 2 bridgehead atoms. The van der Waals surface area contributed by atoms with E-state index in [9.17, 15) is 9.59 Å². The number of pyridine rings is 1. The Bertz CT molecular complexity index is 2250. The van der Waals surface area contributed by atoms with Crippen molar-refractivity contribution in [2.75, 3.05) is 20.2 Å². The summed E-state index contributed by atoms with van der Waals surface area (Å²) in [6.45, 7) is 2.32. The number of likely N-dealkylation sites (tertiary alicyclic amines) is 1. The van der Waals surface area contributed by atoms with Gasteiger partial charge < -0.3 is 30.2 Å². The van der Waals surface area contributed by atoms with E-state index in [1.165, 1.54) is 5.56 Å². The summed E-state index contributed by atoms with van der Waals surface area (Å²) in [6.07, 6.45) is 6.39. The summed E-state index contributed by atoms with van der Waals surface area (Å²) in [4.78, 5) is 38.4. The molecule has 6 aromatic rings.